The quantitative estimate of drug-likeness (QED) is 0.819. The smallest absolute Gasteiger partial charge is 0.388 e. The van der Waals surface area contributed by atoms with Crippen LogP contribution in [0.1, 0.15) is 0 Å². The first-order chi connectivity index (χ1) is 6.68. The minimum absolute atomic E-state index is 0.0885. The lowest BCUT2D eigenvalue weighted by Gasteiger charge is -1.99. The molecule has 0 saturated heterocycles. The van der Waals surface area contributed by atoms with E-state index in [-0.39, 0.29) is 5.89 Å². The van der Waals surface area contributed by atoms with Crippen molar-refractivity contribution in [3.63, 3.8) is 0 Å². The SMILES string of the molecule is O=c1[nH]nc(-c2c(Cl)cccc2Cl)o1. The molecule has 0 radical (unpaired) electrons. The molecule has 4 nitrogen and oxygen atoms in total. The third-order valence-electron chi connectivity index (χ3n) is 1.61. The third kappa shape index (κ3) is 1.54. The van der Waals surface area contributed by atoms with Crippen molar-refractivity contribution < 1.29 is 4.42 Å². The standard InChI is InChI=1S/C8H4Cl2N2O2/c9-4-2-1-3-5(10)6(4)7-11-12-8(13)14-7/h1-3H,(H,12,13). The molecule has 0 bridgehead atoms. The maximum Gasteiger partial charge on any atom is 0.434 e. The molecule has 2 rings (SSSR count). The largest absolute Gasteiger partial charge is 0.434 e. The van der Waals surface area contributed by atoms with Gasteiger partial charge in [-0.25, -0.2) is 9.89 Å². The Morgan fingerprint density at radius 3 is 2.43 bits per heavy atom. The summed E-state index contributed by atoms with van der Waals surface area (Å²) in [4.78, 5) is 10.7. The Hall–Kier alpha value is -1.26. The van der Waals surface area contributed by atoms with Crippen molar-refractivity contribution in [3.8, 4) is 11.5 Å². The highest BCUT2D eigenvalue weighted by molar-refractivity contribution is 6.38. The average molecular weight is 231 g/mol. The monoisotopic (exact) mass is 230 g/mol. The molecule has 0 aliphatic rings. The van der Waals surface area contributed by atoms with E-state index in [0.29, 0.717) is 15.6 Å². The summed E-state index contributed by atoms with van der Waals surface area (Å²) in [6, 6.07) is 4.97. The molecule has 1 heterocycles. The Labute approximate surface area is 88.5 Å². The fourth-order valence-electron chi connectivity index (χ4n) is 1.04. The van der Waals surface area contributed by atoms with Crippen molar-refractivity contribution in [3.05, 3.63) is 38.8 Å². The molecular weight excluding hydrogens is 227 g/mol. The van der Waals surface area contributed by atoms with Gasteiger partial charge in [0, 0.05) is 0 Å². The number of rotatable bonds is 1. The summed E-state index contributed by atoms with van der Waals surface area (Å²) in [5.41, 5.74) is 0.411. The molecule has 0 atom stereocenters. The van der Waals surface area contributed by atoms with E-state index in [1.54, 1.807) is 18.2 Å². The van der Waals surface area contributed by atoms with Crippen LogP contribution in [-0.4, -0.2) is 10.2 Å². The highest BCUT2D eigenvalue weighted by Gasteiger charge is 2.13. The number of nitrogens with zero attached hydrogens (tertiary/aromatic N) is 1. The number of hydrogen-bond acceptors (Lipinski definition) is 3. The first-order valence-corrected chi connectivity index (χ1v) is 4.44. The van der Waals surface area contributed by atoms with Crippen LogP contribution in [0.25, 0.3) is 11.5 Å². The maximum atomic E-state index is 10.7. The van der Waals surface area contributed by atoms with Crippen molar-refractivity contribution >= 4 is 23.2 Å². The average Bonchev–Trinajstić information content (AvgIpc) is 2.51. The Kier molecular flexibility index (Phi) is 2.31. The zero-order chi connectivity index (χ0) is 10.1. The predicted octanol–water partition coefficient (Wildman–Crippen LogP) is 2.34. The topological polar surface area (TPSA) is 58.9 Å². The highest BCUT2D eigenvalue weighted by Crippen LogP contribution is 2.32. The van der Waals surface area contributed by atoms with Crippen LogP contribution < -0.4 is 5.76 Å². The fraction of sp³-hybridized carbons (Fsp3) is 0. The molecule has 0 amide bonds. The van der Waals surface area contributed by atoms with Crippen LogP contribution in [0.5, 0.6) is 0 Å². The summed E-state index contributed by atoms with van der Waals surface area (Å²) < 4.78 is 4.74. The molecule has 0 fully saturated rings. The molecule has 0 unspecified atom stereocenters. The predicted molar refractivity (Wildman–Crippen MR) is 52.6 cm³/mol. The van der Waals surface area contributed by atoms with Gasteiger partial charge in [0.25, 0.3) is 5.89 Å². The fourth-order valence-corrected chi connectivity index (χ4v) is 1.60. The molecule has 1 aromatic carbocycles. The second-order valence-corrected chi connectivity index (χ2v) is 3.33. The van der Waals surface area contributed by atoms with E-state index in [9.17, 15) is 4.79 Å². The molecule has 2 aromatic rings. The Balaban J connectivity index is 2.67. The number of nitrogens with one attached hydrogen (secondary N) is 1. The molecular formula is C8H4Cl2N2O2. The van der Waals surface area contributed by atoms with Gasteiger partial charge < -0.3 is 4.42 Å². The zero-order valence-electron chi connectivity index (χ0n) is 6.75. The van der Waals surface area contributed by atoms with E-state index in [4.69, 9.17) is 27.6 Å². The Morgan fingerprint density at radius 1 is 1.29 bits per heavy atom. The van der Waals surface area contributed by atoms with Crippen molar-refractivity contribution in [1.29, 1.82) is 0 Å². The van der Waals surface area contributed by atoms with E-state index >= 15 is 0 Å². The van der Waals surface area contributed by atoms with Gasteiger partial charge in [0.2, 0.25) is 0 Å². The van der Waals surface area contributed by atoms with Gasteiger partial charge in [-0.05, 0) is 12.1 Å². The molecule has 0 spiro atoms. The van der Waals surface area contributed by atoms with Crippen LogP contribution in [-0.2, 0) is 0 Å². The van der Waals surface area contributed by atoms with E-state index in [2.05, 4.69) is 10.2 Å². The number of halogens is 2. The van der Waals surface area contributed by atoms with Crippen molar-refractivity contribution in [2.75, 3.05) is 0 Å². The van der Waals surface area contributed by atoms with Crippen LogP contribution in [0.4, 0.5) is 0 Å². The van der Waals surface area contributed by atoms with E-state index in [1.165, 1.54) is 0 Å². The van der Waals surface area contributed by atoms with Gasteiger partial charge in [-0.1, -0.05) is 29.3 Å². The van der Waals surface area contributed by atoms with E-state index < -0.39 is 5.76 Å². The second kappa shape index (κ2) is 3.48. The second-order valence-electron chi connectivity index (χ2n) is 2.51. The molecule has 0 aliphatic heterocycles. The molecule has 72 valence electrons. The van der Waals surface area contributed by atoms with Gasteiger partial charge in [-0.2, -0.15) is 0 Å². The summed E-state index contributed by atoms with van der Waals surface area (Å²) >= 11 is 11.7. The Morgan fingerprint density at radius 2 is 1.93 bits per heavy atom. The molecule has 14 heavy (non-hydrogen) atoms. The minimum Gasteiger partial charge on any atom is -0.388 e. The van der Waals surface area contributed by atoms with Crippen LogP contribution >= 0.6 is 23.2 Å². The lowest BCUT2D eigenvalue weighted by atomic mass is 10.2. The lowest BCUT2D eigenvalue weighted by Crippen LogP contribution is -1.93. The summed E-state index contributed by atoms with van der Waals surface area (Å²) in [5.74, 6) is -0.554. The molecule has 1 N–H and O–H groups in total. The minimum atomic E-state index is -0.643. The van der Waals surface area contributed by atoms with Crippen LogP contribution in [0.2, 0.25) is 10.0 Å². The van der Waals surface area contributed by atoms with Crippen LogP contribution in [0.3, 0.4) is 0 Å². The van der Waals surface area contributed by atoms with E-state index in [1.807, 2.05) is 0 Å². The number of aromatic amines is 1. The van der Waals surface area contributed by atoms with Crippen molar-refractivity contribution in [2.24, 2.45) is 0 Å². The summed E-state index contributed by atoms with van der Waals surface area (Å²) in [5, 5.41) is 6.53. The van der Waals surface area contributed by atoms with Gasteiger partial charge in [0.1, 0.15) is 0 Å². The van der Waals surface area contributed by atoms with Gasteiger partial charge in [0.05, 0.1) is 15.6 Å². The van der Waals surface area contributed by atoms with Gasteiger partial charge in [-0.15, -0.1) is 5.10 Å². The molecule has 6 heteroatoms. The number of benzene rings is 1. The number of aromatic nitrogens is 2. The van der Waals surface area contributed by atoms with Crippen LogP contribution in [0.15, 0.2) is 27.4 Å². The molecule has 1 aromatic heterocycles. The highest BCUT2D eigenvalue weighted by atomic mass is 35.5. The summed E-state index contributed by atoms with van der Waals surface area (Å²) in [7, 11) is 0. The van der Waals surface area contributed by atoms with Gasteiger partial charge in [-0.3, -0.25) is 0 Å². The first-order valence-electron chi connectivity index (χ1n) is 3.68. The summed E-state index contributed by atoms with van der Waals surface area (Å²) in [6.07, 6.45) is 0. The zero-order valence-corrected chi connectivity index (χ0v) is 8.26. The molecule has 0 aliphatic carbocycles. The Bertz CT molecular complexity index is 498. The summed E-state index contributed by atoms with van der Waals surface area (Å²) in [6.45, 7) is 0. The maximum absolute atomic E-state index is 10.7. The normalized spacial score (nSPS) is 10.4. The third-order valence-corrected chi connectivity index (χ3v) is 2.24. The van der Waals surface area contributed by atoms with Crippen molar-refractivity contribution in [1.82, 2.24) is 10.2 Å². The van der Waals surface area contributed by atoms with Crippen molar-refractivity contribution in [2.45, 2.75) is 0 Å². The first kappa shape index (κ1) is 9.30. The number of H-pyrrole nitrogens is 1. The van der Waals surface area contributed by atoms with Crippen LogP contribution in [0, 0.1) is 0 Å². The molecule has 0 saturated carbocycles. The van der Waals surface area contributed by atoms with Gasteiger partial charge >= 0.3 is 5.76 Å². The van der Waals surface area contributed by atoms with E-state index in [0.717, 1.165) is 0 Å². The van der Waals surface area contributed by atoms with Gasteiger partial charge in [0.15, 0.2) is 0 Å². The lowest BCUT2D eigenvalue weighted by molar-refractivity contribution is 0.527. The number of hydrogen-bond donors (Lipinski definition) is 1.